The summed E-state index contributed by atoms with van der Waals surface area (Å²) in [6, 6.07) is 0. The van der Waals surface area contributed by atoms with Crippen LogP contribution >= 0.6 is 0 Å². The Morgan fingerprint density at radius 1 is 1.27 bits per heavy atom. The lowest BCUT2D eigenvalue weighted by atomic mass is 9.76. The monoisotopic (exact) mass is 208 g/mol. The minimum Gasteiger partial charge on any atom is -0.458 e. The maximum Gasteiger partial charge on any atom is 0.310 e. The summed E-state index contributed by atoms with van der Waals surface area (Å²) in [4.78, 5) is 23.0. The number of hydrogen-bond donors (Lipinski definition) is 0. The smallest absolute Gasteiger partial charge is 0.310 e. The molecule has 2 heterocycles. The van der Waals surface area contributed by atoms with Crippen molar-refractivity contribution in [3.63, 3.8) is 0 Å². The zero-order chi connectivity index (χ0) is 10.6. The van der Waals surface area contributed by atoms with Gasteiger partial charge in [-0.3, -0.25) is 9.59 Å². The predicted octanol–water partition coefficient (Wildman–Crippen LogP) is 1.30. The van der Waals surface area contributed by atoms with Gasteiger partial charge in [0.25, 0.3) is 6.29 Å². The van der Waals surface area contributed by atoms with E-state index in [0.29, 0.717) is 12.0 Å². The van der Waals surface area contributed by atoms with Crippen molar-refractivity contribution >= 4 is 11.8 Å². The van der Waals surface area contributed by atoms with E-state index in [1.54, 1.807) is 0 Å². The summed E-state index contributed by atoms with van der Waals surface area (Å²) in [6.45, 7) is 1.88. The molecule has 4 nitrogen and oxygen atoms in total. The Kier molecular flexibility index (Phi) is 1.56. The molecular formula is C11H12O4. The Hall–Kier alpha value is -1.32. The van der Waals surface area contributed by atoms with E-state index in [9.17, 15) is 9.59 Å². The van der Waals surface area contributed by atoms with Crippen molar-refractivity contribution in [3.8, 4) is 0 Å². The number of hydrogen-bond acceptors (Lipinski definition) is 4. The first-order chi connectivity index (χ1) is 7.11. The molecule has 0 saturated carbocycles. The summed E-state index contributed by atoms with van der Waals surface area (Å²) < 4.78 is 10.6. The number of carbonyl (C=O) groups excluding carboxylic acids is 2. The van der Waals surface area contributed by atoms with E-state index >= 15 is 0 Å². The molecule has 2 aliphatic heterocycles. The number of rotatable bonds is 0. The third-order valence-corrected chi connectivity index (χ3v) is 3.46. The predicted molar refractivity (Wildman–Crippen MR) is 49.6 cm³/mol. The minimum absolute atomic E-state index is 0.125. The number of fused-ring (bicyclic) bond motifs is 2. The van der Waals surface area contributed by atoms with Crippen molar-refractivity contribution in [2.45, 2.75) is 38.9 Å². The van der Waals surface area contributed by atoms with Crippen LogP contribution in [-0.4, -0.2) is 18.0 Å². The number of ketones is 1. The average Bonchev–Trinajstić information content (AvgIpc) is 2.54. The number of allylic oxidation sites excluding steroid dienone is 1. The second-order valence-electron chi connectivity index (χ2n) is 4.61. The molecule has 3 aliphatic rings. The molecule has 0 aromatic rings. The van der Waals surface area contributed by atoms with Crippen LogP contribution in [-0.2, 0) is 19.1 Å². The Bertz CT molecular complexity index is 395. The van der Waals surface area contributed by atoms with Crippen LogP contribution in [0.5, 0.6) is 0 Å². The topological polar surface area (TPSA) is 52.6 Å². The third-order valence-electron chi connectivity index (χ3n) is 3.46. The number of Topliss-reactive ketones (excluding diaryl/α,β-unsaturated/α-hetero) is 1. The Labute approximate surface area is 87.2 Å². The van der Waals surface area contributed by atoms with Gasteiger partial charge < -0.3 is 9.47 Å². The Balaban J connectivity index is 2.07. The van der Waals surface area contributed by atoms with Gasteiger partial charge in [-0.2, -0.15) is 0 Å². The number of esters is 1. The van der Waals surface area contributed by atoms with Gasteiger partial charge in [0, 0.05) is 18.4 Å². The molecule has 3 rings (SSSR count). The van der Waals surface area contributed by atoms with Gasteiger partial charge in [-0.15, -0.1) is 0 Å². The van der Waals surface area contributed by atoms with E-state index < -0.39 is 11.7 Å². The lowest BCUT2D eigenvalue weighted by molar-refractivity contribution is -0.159. The maximum absolute atomic E-state index is 11.8. The van der Waals surface area contributed by atoms with Crippen molar-refractivity contribution in [2.75, 3.05) is 0 Å². The molecule has 80 valence electrons. The zero-order valence-corrected chi connectivity index (χ0v) is 8.54. The summed E-state index contributed by atoms with van der Waals surface area (Å²) in [5, 5.41) is 0. The first kappa shape index (κ1) is 8.95. The van der Waals surface area contributed by atoms with Gasteiger partial charge in [-0.1, -0.05) is 0 Å². The summed E-state index contributed by atoms with van der Waals surface area (Å²) in [7, 11) is 0. The fourth-order valence-electron chi connectivity index (χ4n) is 2.73. The van der Waals surface area contributed by atoms with Gasteiger partial charge in [-0.25, -0.2) is 0 Å². The summed E-state index contributed by atoms with van der Waals surface area (Å²) in [6.07, 6.45) is 1.91. The van der Waals surface area contributed by atoms with E-state index in [4.69, 9.17) is 9.47 Å². The van der Waals surface area contributed by atoms with Crippen LogP contribution in [0.4, 0.5) is 0 Å². The highest BCUT2D eigenvalue weighted by Gasteiger charge is 2.57. The van der Waals surface area contributed by atoms with E-state index in [0.717, 1.165) is 18.6 Å². The molecule has 0 radical (unpaired) electrons. The van der Waals surface area contributed by atoms with Crippen LogP contribution in [0.1, 0.15) is 32.6 Å². The molecule has 1 aliphatic carbocycles. The zero-order valence-electron chi connectivity index (χ0n) is 8.54. The molecule has 0 aromatic heterocycles. The standard InChI is InChI=1S/C11H12O4/c1-11-5-8(13)15-10(11)14-7-4-2-3-6(12)9(7)11/h10H,2-5H2,1H3/t10-,11-/m0/s1. The fraction of sp³-hybridized carbons (Fsp3) is 0.636. The highest BCUT2D eigenvalue weighted by molar-refractivity contribution is 5.99. The van der Waals surface area contributed by atoms with E-state index in [-0.39, 0.29) is 18.2 Å². The Morgan fingerprint density at radius 2 is 2.07 bits per heavy atom. The largest absolute Gasteiger partial charge is 0.458 e. The van der Waals surface area contributed by atoms with Crippen LogP contribution in [0.2, 0.25) is 0 Å². The molecule has 0 unspecified atom stereocenters. The highest BCUT2D eigenvalue weighted by Crippen LogP contribution is 2.52. The van der Waals surface area contributed by atoms with Crippen molar-refractivity contribution in [1.29, 1.82) is 0 Å². The molecular weight excluding hydrogens is 196 g/mol. The lowest BCUT2D eigenvalue weighted by Gasteiger charge is -2.21. The SMILES string of the molecule is C[C@@]12CC(=O)O[C@@H]1OC1=C2C(=O)CCC1. The van der Waals surface area contributed by atoms with Crippen LogP contribution in [0.3, 0.4) is 0 Å². The van der Waals surface area contributed by atoms with E-state index in [2.05, 4.69) is 0 Å². The highest BCUT2D eigenvalue weighted by atomic mass is 16.7. The molecule has 1 saturated heterocycles. The fourth-order valence-corrected chi connectivity index (χ4v) is 2.73. The van der Waals surface area contributed by atoms with Crippen LogP contribution < -0.4 is 0 Å². The summed E-state index contributed by atoms with van der Waals surface area (Å²) in [5.74, 6) is 0.609. The van der Waals surface area contributed by atoms with Crippen molar-refractivity contribution in [3.05, 3.63) is 11.3 Å². The van der Waals surface area contributed by atoms with Gasteiger partial charge in [0.15, 0.2) is 5.78 Å². The molecule has 0 N–H and O–H groups in total. The van der Waals surface area contributed by atoms with Gasteiger partial charge in [0.1, 0.15) is 5.76 Å². The molecule has 4 heteroatoms. The van der Waals surface area contributed by atoms with E-state index in [1.165, 1.54) is 0 Å². The van der Waals surface area contributed by atoms with Gasteiger partial charge in [0.05, 0.1) is 11.8 Å². The molecule has 0 bridgehead atoms. The first-order valence-corrected chi connectivity index (χ1v) is 5.24. The molecule has 0 aromatic carbocycles. The Morgan fingerprint density at radius 3 is 2.87 bits per heavy atom. The second-order valence-corrected chi connectivity index (χ2v) is 4.61. The van der Waals surface area contributed by atoms with Gasteiger partial charge in [0.2, 0.25) is 0 Å². The maximum atomic E-state index is 11.8. The summed E-state index contributed by atoms with van der Waals surface area (Å²) in [5.41, 5.74) is 0.189. The molecule has 0 spiro atoms. The first-order valence-electron chi connectivity index (χ1n) is 5.24. The van der Waals surface area contributed by atoms with Crippen LogP contribution in [0.25, 0.3) is 0 Å². The van der Waals surface area contributed by atoms with Crippen molar-refractivity contribution < 1.29 is 19.1 Å². The van der Waals surface area contributed by atoms with Crippen molar-refractivity contribution in [1.82, 2.24) is 0 Å². The average molecular weight is 208 g/mol. The normalized spacial score (nSPS) is 38.6. The number of carbonyl (C=O) groups is 2. The quantitative estimate of drug-likeness (QED) is 0.563. The lowest BCUT2D eigenvalue weighted by Crippen LogP contribution is -2.29. The second kappa shape index (κ2) is 2.62. The van der Waals surface area contributed by atoms with Gasteiger partial charge in [-0.05, 0) is 13.3 Å². The number of ether oxygens (including phenoxy) is 2. The molecule has 1 fully saturated rings. The third kappa shape index (κ3) is 1.02. The summed E-state index contributed by atoms with van der Waals surface area (Å²) >= 11 is 0. The van der Waals surface area contributed by atoms with Crippen molar-refractivity contribution in [2.24, 2.45) is 5.41 Å². The molecule has 0 amide bonds. The van der Waals surface area contributed by atoms with Crippen LogP contribution in [0.15, 0.2) is 11.3 Å². The molecule has 15 heavy (non-hydrogen) atoms. The van der Waals surface area contributed by atoms with E-state index in [1.807, 2.05) is 6.92 Å². The minimum atomic E-state index is -0.558. The molecule has 2 atom stereocenters. The van der Waals surface area contributed by atoms with Crippen LogP contribution in [0, 0.1) is 5.41 Å². The van der Waals surface area contributed by atoms with Gasteiger partial charge >= 0.3 is 5.97 Å².